The first-order valence-corrected chi connectivity index (χ1v) is 2.78. The molecule has 0 aliphatic heterocycles. The van der Waals surface area contributed by atoms with Gasteiger partial charge in [-0.3, -0.25) is 0 Å². The molecular weight excluding hydrogens is 100 g/mol. The van der Waals surface area contributed by atoms with Gasteiger partial charge >= 0.3 is 0 Å². The van der Waals surface area contributed by atoms with Crippen molar-refractivity contribution < 1.29 is 5.11 Å². The van der Waals surface area contributed by atoms with Crippen LogP contribution in [-0.4, -0.2) is 11.7 Å². The van der Waals surface area contributed by atoms with Crippen LogP contribution < -0.4 is 0 Å². The Labute approximate surface area is 50.3 Å². The van der Waals surface area contributed by atoms with Crippen LogP contribution in [0.5, 0.6) is 0 Å². The topological polar surface area (TPSA) is 20.2 Å². The Hall–Kier alpha value is -0.520. The molecule has 0 aromatic rings. The third kappa shape index (κ3) is 3.66. The molecule has 0 heterocycles. The molecule has 0 amide bonds. The van der Waals surface area contributed by atoms with Gasteiger partial charge in [0.05, 0.1) is 0 Å². The Kier molecular flexibility index (Phi) is 4.33. The van der Waals surface area contributed by atoms with Gasteiger partial charge in [0.15, 0.2) is 0 Å². The van der Waals surface area contributed by atoms with Crippen molar-refractivity contribution in [3.8, 4) is 0 Å². The third-order valence-corrected chi connectivity index (χ3v) is 0.987. The van der Waals surface area contributed by atoms with Crippen molar-refractivity contribution in [2.45, 2.75) is 13.3 Å². The summed E-state index contributed by atoms with van der Waals surface area (Å²) in [5.74, 6) is 0.414. The first kappa shape index (κ1) is 7.48. The first-order chi connectivity index (χ1) is 3.81. The quantitative estimate of drug-likeness (QED) is 0.546. The van der Waals surface area contributed by atoms with Crippen LogP contribution in [0.15, 0.2) is 18.4 Å². The number of aliphatic hydroxyl groups is 1. The van der Waals surface area contributed by atoms with Gasteiger partial charge in [-0.15, -0.1) is 5.73 Å². The highest BCUT2D eigenvalue weighted by Gasteiger charge is 1.91. The van der Waals surface area contributed by atoms with Gasteiger partial charge in [-0.25, -0.2) is 0 Å². The van der Waals surface area contributed by atoms with Crippen LogP contribution in [0.25, 0.3) is 0 Å². The van der Waals surface area contributed by atoms with Crippen LogP contribution in [-0.2, 0) is 0 Å². The summed E-state index contributed by atoms with van der Waals surface area (Å²) in [6, 6.07) is 0. The molecule has 8 heavy (non-hydrogen) atoms. The van der Waals surface area contributed by atoms with E-state index in [1.54, 1.807) is 0 Å². The van der Waals surface area contributed by atoms with Crippen molar-refractivity contribution >= 4 is 0 Å². The van der Waals surface area contributed by atoms with Crippen molar-refractivity contribution in [3.63, 3.8) is 0 Å². The van der Waals surface area contributed by atoms with E-state index in [1.165, 1.54) is 0 Å². The van der Waals surface area contributed by atoms with Crippen LogP contribution in [0.4, 0.5) is 0 Å². The average molecular weight is 112 g/mol. The second-order valence-electron chi connectivity index (χ2n) is 1.86. The predicted molar refractivity (Wildman–Crippen MR) is 34.6 cm³/mol. The molecule has 0 saturated carbocycles. The summed E-state index contributed by atoms with van der Waals surface area (Å²) in [5.41, 5.74) is 2.67. The summed E-state index contributed by atoms with van der Waals surface area (Å²) in [4.78, 5) is 0. The van der Waals surface area contributed by atoms with Gasteiger partial charge in [-0.05, 0) is 18.4 Å². The fraction of sp³-hybridized carbons (Fsp3) is 0.571. The monoisotopic (exact) mass is 112 g/mol. The molecule has 0 fully saturated rings. The zero-order chi connectivity index (χ0) is 6.41. The van der Waals surface area contributed by atoms with Gasteiger partial charge in [0, 0.05) is 6.61 Å². The van der Waals surface area contributed by atoms with E-state index in [9.17, 15) is 0 Å². The van der Waals surface area contributed by atoms with E-state index in [4.69, 9.17) is 5.11 Å². The molecule has 0 aliphatic rings. The Morgan fingerprint density at radius 1 is 1.88 bits per heavy atom. The number of aliphatic hydroxyl groups excluding tert-OH is 1. The summed E-state index contributed by atoms with van der Waals surface area (Å²) >= 11 is 0. The Balaban J connectivity index is 3.31. The Morgan fingerprint density at radius 3 is 2.88 bits per heavy atom. The molecule has 0 aliphatic carbocycles. The first-order valence-electron chi connectivity index (χ1n) is 2.78. The van der Waals surface area contributed by atoms with Gasteiger partial charge in [-0.1, -0.05) is 13.5 Å². The maximum absolute atomic E-state index is 8.40. The van der Waals surface area contributed by atoms with Gasteiger partial charge < -0.3 is 5.11 Å². The molecule has 1 N–H and O–H groups in total. The van der Waals surface area contributed by atoms with Crippen molar-refractivity contribution in [2.24, 2.45) is 5.92 Å². The summed E-state index contributed by atoms with van der Waals surface area (Å²) in [6.07, 6.45) is 2.67. The number of hydrogen-bond donors (Lipinski definition) is 1. The van der Waals surface area contributed by atoms with Crippen LogP contribution in [0, 0.1) is 5.92 Å². The van der Waals surface area contributed by atoms with Crippen LogP contribution in [0.1, 0.15) is 13.3 Å². The summed E-state index contributed by atoms with van der Waals surface area (Å²) in [5, 5.41) is 8.40. The fourth-order valence-corrected chi connectivity index (χ4v) is 0.488. The molecule has 0 radical (unpaired) electrons. The lowest BCUT2D eigenvalue weighted by Crippen LogP contribution is -1.91. The molecule has 1 nitrogen and oxygen atoms in total. The standard InChI is InChI=1S/C7H12O/c1-3-4-7(2)5-6-8/h4,7-8H,1,5-6H2,2H3. The van der Waals surface area contributed by atoms with E-state index in [0.717, 1.165) is 6.42 Å². The maximum atomic E-state index is 8.40. The molecule has 0 aromatic carbocycles. The predicted octanol–water partition coefficient (Wildman–Crippen LogP) is 1.35. The van der Waals surface area contributed by atoms with E-state index in [-0.39, 0.29) is 6.61 Å². The van der Waals surface area contributed by atoms with E-state index >= 15 is 0 Å². The van der Waals surface area contributed by atoms with Gasteiger partial charge in [0.2, 0.25) is 0 Å². The lowest BCUT2D eigenvalue weighted by Gasteiger charge is -1.97. The van der Waals surface area contributed by atoms with Gasteiger partial charge in [0.1, 0.15) is 0 Å². The smallest absolute Gasteiger partial charge is 0.0436 e. The molecule has 0 saturated heterocycles. The van der Waals surface area contributed by atoms with Gasteiger partial charge in [-0.2, -0.15) is 0 Å². The highest BCUT2D eigenvalue weighted by molar-refractivity contribution is 4.81. The van der Waals surface area contributed by atoms with E-state index < -0.39 is 0 Å². The molecular formula is C7H12O. The minimum absolute atomic E-state index is 0.249. The Bertz CT molecular complexity index is 90.6. The van der Waals surface area contributed by atoms with Crippen molar-refractivity contribution in [1.82, 2.24) is 0 Å². The molecule has 0 spiro atoms. The van der Waals surface area contributed by atoms with E-state index in [2.05, 4.69) is 12.3 Å². The average Bonchev–Trinajstić information content (AvgIpc) is 1.68. The second kappa shape index (κ2) is 4.63. The Morgan fingerprint density at radius 2 is 2.50 bits per heavy atom. The molecule has 1 heteroatoms. The minimum Gasteiger partial charge on any atom is -0.396 e. The SMILES string of the molecule is C=C=CC(C)CCO. The second-order valence-corrected chi connectivity index (χ2v) is 1.86. The molecule has 0 bridgehead atoms. The zero-order valence-corrected chi connectivity index (χ0v) is 5.22. The van der Waals surface area contributed by atoms with Crippen LogP contribution >= 0.6 is 0 Å². The molecule has 1 unspecified atom stereocenters. The third-order valence-electron chi connectivity index (χ3n) is 0.987. The zero-order valence-electron chi connectivity index (χ0n) is 5.22. The number of hydrogen-bond acceptors (Lipinski definition) is 1. The van der Waals surface area contributed by atoms with Crippen molar-refractivity contribution in [1.29, 1.82) is 0 Å². The van der Waals surface area contributed by atoms with Gasteiger partial charge in [0.25, 0.3) is 0 Å². The highest BCUT2D eigenvalue weighted by atomic mass is 16.2. The van der Waals surface area contributed by atoms with Crippen molar-refractivity contribution in [2.75, 3.05) is 6.61 Å². The summed E-state index contributed by atoms with van der Waals surface area (Å²) < 4.78 is 0. The molecule has 1 atom stereocenters. The van der Waals surface area contributed by atoms with Crippen molar-refractivity contribution in [3.05, 3.63) is 18.4 Å². The van der Waals surface area contributed by atoms with Crippen LogP contribution in [0.2, 0.25) is 0 Å². The lowest BCUT2D eigenvalue weighted by molar-refractivity contribution is 0.274. The summed E-state index contributed by atoms with van der Waals surface area (Å²) in [7, 11) is 0. The summed E-state index contributed by atoms with van der Waals surface area (Å²) in [6.45, 7) is 5.69. The van der Waals surface area contributed by atoms with E-state index in [0.29, 0.717) is 5.92 Å². The largest absolute Gasteiger partial charge is 0.396 e. The number of allylic oxidation sites excluding steroid dienone is 1. The molecule has 0 aromatic heterocycles. The fourth-order valence-electron chi connectivity index (χ4n) is 0.488. The minimum atomic E-state index is 0.249. The molecule has 0 rings (SSSR count). The highest BCUT2D eigenvalue weighted by Crippen LogP contribution is 1.99. The normalized spacial score (nSPS) is 12.2. The maximum Gasteiger partial charge on any atom is 0.0436 e. The van der Waals surface area contributed by atoms with E-state index in [1.807, 2.05) is 13.0 Å². The lowest BCUT2D eigenvalue weighted by atomic mass is 10.1. The number of rotatable bonds is 3. The van der Waals surface area contributed by atoms with Crippen LogP contribution in [0.3, 0.4) is 0 Å². The molecule has 46 valence electrons.